The van der Waals surface area contributed by atoms with Crippen LogP contribution >= 0.6 is 0 Å². The van der Waals surface area contributed by atoms with Crippen LogP contribution in [0.2, 0.25) is 0 Å². The molecule has 5 heteroatoms. The molecule has 1 aliphatic rings. The summed E-state index contributed by atoms with van der Waals surface area (Å²) < 4.78 is 1.99. The normalized spacial score (nSPS) is 16.8. The Balaban J connectivity index is 1.50. The molecule has 1 amide bonds. The van der Waals surface area contributed by atoms with Crippen molar-refractivity contribution in [3.05, 3.63) is 89.5 Å². The summed E-state index contributed by atoms with van der Waals surface area (Å²) in [4.78, 5) is 18.8. The average molecular weight is 347 g/mol. The second-order valence-corrected chi connectivity index (χ2v) is 6.66. The SMILES string of the molecule is O=C(c1ccc(Cn2ccnc2)cc1)N1CCC(O)c2ccccc2C1. The highest BCUT2D eigenvalue weighted by atomic mass is 16.3. The topological polar surface area (TPSA) is 58.4 Å². The van der Waals surface area contributed by atoms with Crippen molar-refractivity contribution in [3.8, 4) is 0 Å². The van der Waals surface area contributed by atoms with Crippen molar-refractivity contribution in [1.82, 2.24) is 14.5 Å². The first-order valence-corrected chi connectivity index (χ1v) is 8.80. The van der Waals surface area contributed by atoms with Crippen molar-refractivity contribution >= 4 is 5.91 Å². The average Bonchev–Trinajstić information content (AvgIpc) is 3.12. The molecular formula is C21H21N3O2. The summed E-state index contributed by atoms with van der Waals surface area (Å²) in [5.74, 6) is 0.00286. The lowest BCUT2D eigenvalue weighted by Crippen LogP contribution is -2.30. The molecule has 0 radical (unpaired) electrons. The predicted octanol–water partition coefficient (Wildman–Crippen LogP) is 3.01. The fourth-order valence-corrected chi connectivity index (χ4v) is 3.42. The maximum atomic E-state index is 12.9. The van der Waals surface area contributed by atoms with Gasteiger partial charge in [0.2, 0.25) is 0 Å². The number of aliphatic hydroxyl groups is 1. The zero-order valence-electron chi connectivity index (χ0n) is 14.5. The van der Waals surface area contributed by atoms with Gasteiger partial charge in [-0.1, -0.05) is 36.4 Å². The van der Waals surface area contributed by atoms with Crippen molar-refractivity contribution in [2.24, 2.45) is 0 Å². The number of carbonyl (C=O) groups is 1. The van der Waals surface area contributed by atoms with Gasteiger partial charge < -0.3 is 14.6 Å². The highest BCUT2D eigenvalue weighted by Gasteiger charge is 2.24. The van der Waals surface area contributed by atoms with Crippen LogP contribution in [0.5, 0.6) is 0 Å². The molecule has 3 aromatic rings. The zero-order valence-corrected chi connectivity index (χ0v) is 14.5. The van der Waals surface area contributed by atoms with E-state index in [1.54, 1.807) is 12.5 Å². The van der Waals surface area contributed by atoms with Crippen LogP contribution in [-0.2, 0) is 13.1 Å². The molecule has 0 saturated carbocycles. The molecule has 1 aromatic heterocycles. The first-order chi connectivity index (χ1) is 12.7. The molecule has 0 aliphatic carbocycles. The maximum Gasteiger partial charge on any atom is 0.254 e. The van der Waals surface area contributed by atoms with Crippen molar-refractivity contribution in [3.63, 3.8) is 0 Å². The number of amides is 1. The summed E-state index contributed by atoms with van der Waals surface area (Å²) >= 11 is 0. The van der Waals surface area contributed by atoms with Crippen molar-refractivity contribution in [1.29, 1.82) is 0 Å². The smallest absolute Gasteiger partial charge is 0.254 e. The van der Waals surface area contributed by atoms with Gasteiger partial charge in [-0.3, -0.25) is 4.79 Å². The summed E-state index contributed by atoms with van der Waals surface area (Å²) in [6.45, 7) is 1.81. The molecule has 2 aromatic carbocycles. The molecule has 132 valence electrons. The van der Waals surface area contributed by atoms with Crippen LogP contribution < -0.4 is 0 Å². The van der Waals surface area contributed by atoms with Crippen LogP contribution in [0, 0.1) is 0 Å². The van der Waals surface area contributed by atoms with Crippen LogP contribution in [0.4, 0.5) is 0 Å². The van der Waals surface area contributed by atoms with E-state index in [4.69, 9.17) is 0 Å². The molecule has 0 bridgehead atoms. The van der Waals surface area contributed by atoms with E-state index < -0.39 is 6.10 Å². The van der Waals surface area contributed by atoms with Gasteiger partial charge in [-0.2, -0.15) is 0 Å². The summed E-state index contributed by atoms with van der Waals surface area (Å²) in [5, 5.41) is 10.3. The Kier molecular flexibility index (Phi) is 4.54. The lowest BCUT2D eigenvalue weighted by Gasteiger charge is -2.21. The second kappa shape index (κ2) is 7.14. The quantitative estimate of drug-likeness (QED) is 0.792. The Hall–Kier alpha value is -2.92. The molecule has 0 spiro atoms. The summed E-state index contributed by atoms with van der Waals surface area (Å²) in [6.07, 6.45) is 5.49. The first kappa shape index (κ1) is 16.5. The van der Waals surface area contributed by atoms with E-state index in [0.29, 0.717) is 25.1 Å². The number of benzene rings is 2. The van der Waals surface area contributed by atoms with Crippen molar-refractivity contribution in [2.75, 3.05) is 6.54 Å². The second-order valence-electron chi connectivity index (χ2n) is 6.66. The van der Waals surface area contributed by atoms with E-state index in [1.165, 1.54) is 0 Å². The van der Waals surface area contributed by atoms with Crippen LogP contribution in [0.15, 0.2) is 67.3 Å². The third kappa shape index (κ3) is 3.39. The molecule has 26 heavy (non-hydrogen) atoms. The molecule has 0 saturated heterocycles. The van der Waals surface area contributed by atoms with Crippen LogP contribution in [0.3, 0.4) is 0 Å². The number of rotatable bonds is 3. The predicted molar refractivity (Wildman–Crippen MR) is 98.5 cm³/mol. The lowest BCUT2D eigenvalue weighted by molar-refractivity contribution is 0.0723. The van der Waals surface area contributed by atoms with Gasteiger partial charge in [0, 0.05) is 37.6 Å². The van der Waals surface area contributed by atoms with Gasteiger partial charge >= 0.3 is 0 Å². The number of nitrogens with zero attached hydrogens (tertiary/aromatic N) is 3. The fourth-order valence-electron chi connectivity index (χ4n) is 3.42. The van der Waals surface area contributed by atoms with Crippen LogP contribution in [0.25, 0.3) is 0 Å². The van der Waals surface area contributed by atoms with Gasteiger partial charge in [0.1, 0.15) is 0 Å². The van der Waals surface area contributed by atoms with E-state index in [2.05, 4.69) is 4.98 Å². The van der Waals surface area contributed by atoms with Gasteiger partial charge in [-0.25, -0.2) is 4.98 Å². The van der Waals surface area contributed by atoms with E-state index >= 15 is 0 Å². The fraction of sp³-hybridized carbons (Fsp3) is 0.238. The Morgan fingerprint density at radius 3 is 2.73 bits per heavy atom. The molecule has 4 rings (SSSR count). The molecule has 1 N–H and O–H groups in total. The number of hydrogen-bond donors (Lipinski definition) is 1. The Labute approximate surface area is 152 Å². The zero-order chi connectivity index (χ0) is 17.9. The number of carbonyl (C=O) groups excluding carboxylic acids is 1. The third-order valence-electron chi connectivity index (χ3n) is 4.86. The highest BCUT2D eigenvalue weighted by Crippen LogP contribution is 2.27. The van der Waals surface area contributed by atoms with Gasteiger partial charge in [-0.15, -0.1) is 0 Å². The minimum absolute atomic E-state index is 0.00286. The Bertz CT molecular complexity index is 888. The van der Waals surface area contributed by atoms with E-state index in [9.17, 15) is 9.90 Å². The standard InChI is InChI=1S/C21H21N3O2/c25-20-9-11-24(14-18-3-1-2-4-19(18)20)21(26)17-7-5-16(6-8-17)13-23-12-10-22-15-23/h1-8,10,12,15,20,25H,9,11,13-14H2. The van der Waals surface area contributed by atoms with E-state index in [0.717, 1.165) is 23.2 Å². The number of hydrogen-bond acceptors (Lipinski definition) is 3. The van der Waals surface area contributed by atoms with Crippen LogP contribution in [-0.4, -0.2) is 32.0 Å². The van der Waals surface area contributed by atoms with Crippen molar-refractivity contribution in [2.45, 2.75) is 25.6 Å². The van der Waals surface area contributed by atoms with E-state index in [1.807, 2.05) is 64.2 Å². The number of fused-ring (bicyclic) bond motifs is 1. The van der Waals surface area contributed by atoms with Gasteiger partial charge in [-0.05, 0) is 35.2 Å². The summed E-state index contributed by atoms with van der Waals surface area (Å²) in [5.41, 5.74) is 3.74. The molecule has 1 aliphatic heterocycles. The lowest BCUT2D eigenvalue weighted by atomic mass is 10.0. The monoisotopic (exact) mass is 347 g/mol. The Morgan fingerprint density at radius 1 is 1.15 bits per heavy atom. The minimum atomic E-state index is -0.512. The largest absolute Gasteiger partial charge is 0.388 e. The summed E-state index contributed by atoms with van der Waals surface area (Å²) in [7, 11) is 0. The van der Waals surface area contributed by atoms with Crippen LogP contribution in [0.1, 0.15) is 39.6 Å². The van der Waals surface area contributed by atoms with Crippen molar-refractivity contribution < 1.29 is 9.90 Å². The highest BCUT2D eigenvalue weighted by molar-refractivity contribution is 5.94. The number of aliphatic hydroxyl groups excluding tert-OH is 1. The van der Waals surface area contributed by atoms with E-state index in [-0.39, 0.29) is 5.91 Å². The first-order valence-electron chi connectivity index (χ1n) is 8.80. The molecule has 2 heterocycles. The molecule has 5 nitrogen and oxygen atoms in total. The molecule has 1 atom stereocenters. The van der Waals surface area contributed by atoms with Gasteiger partial charge in [0.25, 0.3) is 5.91 Å². The molecule has 0 fully saturated rings. The number of aromatic nitrogens is 2. The summed E-state index contributed by atoms with van der Waals surface area (Å²) in [6, 6.07) is 15.5. The number of imidazole rings is 1. The third-order valence-corrected chi connectivity index (χ3v) is 4.86. The molecule has 1 unspecified atom stereocenters. The minimum Gasteiger partial charge on any atom is -0.388 e. The molecular weight excluding hydrogens is 326 g/mol. The maximum absolute atomic E-state index is 12.9. The van der Waals surface area contributed by atoms with Gasteiger partial charge in [0.15, 0.2) is 0 Å². The Morgan fingerprint density at radius 2 is 1.96 bits per heavy atom. The van der Waals surface area contributed by atoms with Gasteiger partial charge in [0.05, 0.1) is 12.4 Å².